The minimum absolute atomic E-state index is 0.00341. The van der Waals surface area contributed by atoms with Crippen LogP contribution in [0.15, 0.2) is 23.3 Å². The van der Waals surface area contributed by atoms with Gasteiger partial charge in [0.1, 0.15) is 12.3 Å². The SMILES string of the molecule is C=[N+]1CC(C2=CCC(C(=O)N3CCCC3)CC2)=CCC1OCC1CCN(C(=O)OC(C)(C)C)CC1. The molecule has 0 radical (unpaired) electrons. The minimum atomic E-state index is -0.456. The Balaban J connectivity index is 1.20. The van der Waals surface area contributed by atoms with Gasteiger partial charge in [-0.1, -0.05) is 12.2 Å². The van der Waals surface area contributed by atoms with Crippen molar-refractivity contribution < 1.29 is 23.6 Å². The normalized spacial score (nSPS) is 26.4. The second-order valence-corrected chi connectivity index (χ2v) is 11.6. The van der Waals surface area contributed by atoms with Crippen LogP contribution in [-0.4, -0.2) is 84.3 Å². The van der Waals surface area contributed by atoms with E-state index in [-0.39, 0.29) is 18.2 Å². The van der Waals surface area contributed by atoms with E-state index in [0.29, 0.717) is 18.4 Å². The fraction of sp³-hybridized carbons (Fsp3) is 0.750. The highest BCUT2D eigenvalue weighted by molar-refractivity contribution is 5.79. The topological polar surface area (TPSA) is 62.1 Å². The molecule has 0 spiro atoms. The number of carbonyl (C=O) groups excluding carboxylic acids is 2. The van der Waals surface area contributed by atoms with Crippen molar-refractivity contribution in [2.75, 3.05) is 39.3 Å². The highest BCUT2D eigenvalue weighted by Crippen LogP contribution is 2.32. The first-order chi connectivity index (χ1) is 16.7. The van der Waals surface area contributed by atoms with Gasteiger partial charge >= 0.3 is 6.09 Å². The first-order valence-corrected chi connectivity index (χ1v) is 13.5. The van der Waals surface area contributed by atoms with Crippen LogP contribution in [0, 0.1) is 11.8 Å². The number of likely N-dealkylation sites (tertiary alicyclic amines) is 2. The van der Waals surface area contributed by atoms with Crippen molar-refractivity contribution in [1.29, 1.82) is 0 Å². The molecule has 2 saturated heterocycles. The van der Waals surface area contributed by atoms with E-state index in [4.69, 9.17) is 9.47 Å². The Kier molecular flexibility index (Phi) is 8.35. The molecule has 3 aliphatic heterocycles. The Morgan fingerprint density at radius 2 is 1.69 bits per heavy atom. The maximum absolute atomic E-state index is 12.7. The smallest absolute Gasteiger partial charge is 0.410 e. The van der Waals surface area contributed by atoms with E-state index in [9.17, 15) is 9.59 Å². The van der Waals surface area contributed by atoms with Crippen LogP contribution in [0.5, 0.6) is 0 Å². The standard InChI is InChI=1S/C28H44N3O4/c1-28(2,3)35-27(33)31-17-13-21(14-18-31)20-34-25-12-11-24(19-29(25)4)22-7-9-23(10-8-22)26(32)30-15-5-6-16-30/h7,11,21,23,25H,4-6,8-10,12-20H2,1-3H3/q+1. The molecule has 0 aromatic rings. The van der Waals surface area contributed by atoms with Gasteiger partial charge in [0.2, 0.25) is 5.91 Å². The molecule has 2 unspecified atom stereocenters. The van der Waals surface area contributed by atoms with E-state index in [2.05, 4.69) is 28.3 Å². The quantitative estimate of drug-likeness (QED) is 0.542. The van der Waals surface area contributed by atoms with Crippen molar-refractivity contribution in [2.24, 2.45) is 11.8 Å². The van der Waals surface area contributed by atoms with E-state index in [0.717, 1.165) is 84.1 Å². The van der Waals surface area contributed by atoms with Gasteiger partial charge in [-0.2, -0.15) is 0 Å². The summed E-state index contributed by atoms with van der Waals surface area (Å²) in [7, 11) is 0. The first kappa shape index (κ1) is 25.9. The van der Waals surface area contributed by atoms with Crippen LogP contribution in [0.3, 0.4) is 0 Å². The molecule has 7 nitrogen and oxygen atoms in total. The third-order valence-electron chi connectivity index (χ3n) is 7.73. The van der Waals surface area contributed by atoms with Crippen LogP contribution in [0.1, 0.15) is 72.1 Å². The number of allylic oxidation sites excluding steroid dienone is 1. The molecular formula is C28H44N3O4+. The van der Waals surface area contributed by atoms with Crippen molar-refractivity contribution in [3.8, 4) is 0 Å². The summed E-state index contributed by atoms with van der Waals surface area (Å²) in [5.41, 5.74) is 2.28. The Hall–Kier alpha value is -2.15. The van der Waals surface area contributed by atoms with Gasteiger partial charge in [-0.3, -0.25) is 4.79 Å². The molecular weight excluding hydrogens is 442 g/mol. The van der Waals surface area contributed by atoms with E-state index in [1.54, 1.807) is 0 Å². The number of amides is 2. The molecule has 7 heteroatoms. The number of hydrogen-bond acceptors (Lipinski definition) is 4. The van der Waals surface area contributed by atoms with Crippen LogP contribution < -0.4 is 0 Å². The largest absolute Gasteiger partial charge is 0.444 e. The summed E-state index contributed by atoms with van der Waals surface area (Å²) in [6, 6.07) is 0. The predicted octanol–water partition coefficient (Wildman–Crippen LogP) is 4.37. The molecule has 0 aromatic carbocycles. The summed E-state index contributed by atoms with van der Waals surface area (Å²) < 4.78 is 13.8. The fourth-order valence-electron chi connectivity index (χ4n) is 5.59. The zero-order chi connectivity index (χ0) is 25.0. The molecule has 2 atom stereocenters. The molecule has 3 heterocycles. The monoisotopic (exact) mass is 486 g/mol. The van der Waals surface area contributed by atoms with E-state index >= 15 is 0 Å². The van der Waals surface area contributed by atoms with Gasteiger partial charge in [-0.05, 0) is 77.2 Å². The molecule has 2 fully saturated rings. The number of carbonyl (C=O) groups is 2. The zero-order valence-corrected chi connectivity index (χ0v) is 22.0. The van der Waals surface area contributed by atoms with Crippen LogP contribution in [0.2, 0.25) is 0 Å². The second kappa shape index (κ2) is 11.3. The van der Waals surface area contributed by atoms with Gasteiger partial charge in [0, 0.05) is 37.7 Å². The third kappa shape index (κ3) is 6.96. The Bertz CT molecular complexity index is 858. The average Bonchev–Trinajstić information content (AvgIpc) is 3.37. The van der Waals surface area contributed by atoms with Gasteiger partial charge in [0.25, 0.3) is 6.23 Å². The van der Waals surface area contributed by atoms with Crippen molar-refractivity contribution in [3.63, 3.8) is 0 Å². The number of piperidine rings is 1. The molecule has 4 aliphatic rings. The van der Waals surface area contributed by atoms with Crippen LogP contribution in [0.4, 0.5) is 4.79 Å². The molecule has 0 aromatic heterocycles. The molecule has 0 saturated carbocycles. The average molecular weight is 487 g/mol. The van der Waals surface area contributed by atoms with Crippen molar-refractivity contribution in [3.05, 3.63) is 23.3 Å². The lowest BCUT2D eigenvalue weighted by Gasteiger charge is -2.33. The Morgan fingerprint density at radius 1 is 1.00 bits per heavy atom. The first-order valence-electron chi connectivity index (χ1n) is 13.5. The summed E-state index contributed by atoms with van der Waals surface area (Å²) >= 11 is 0. The van der Waals surface area contributed by atoms with Gasteiger partial charge in [-0.25, -0.2) is 9.37 Å². The summed E-state index contributed by atoms with van der Waals surface area (Å²) in [5.74, 6) is 0.980. The Morgan fingerprint density at radius 3 is 2.29 bits per heavy atom. The summed E-state index contributed by atoms with van der Waals surface area (Å²) in [6.07, 6.45) is 12.2. The highest BCUT2D eigenvalue weighted by Gasteiger charge is 2.32. The number of nitrogens with zero attached hydrogens (tertiary/aromatic N) is 3. The third-order valence-corrected chi connectivity index (χ3v) is 7.73. The van der Waals surface area contributed by atoms with E-state index in [1.165, 1.54) is 11.1 Å². The number of rotatable bonds is 5. The lowest BCUT2D eigenvalue weighted by Crippen LogP contribution is -2.43. The maximum Gasteiger partial charge on any atom is 0.410 e. The predicted molar refractivity (Wildman–Crippen MR) is 136 cm³/mol. The van der Waals surface area contributed by atoms with Crippen molar-refractivity contribution >= 4 is 18.7 Å². The minimum Gasteiger partial charge on any atom is -0.444 e. The Labute approximate surface area is 210 Å². The molecule has 4 rings (SSSR count). The molecule has 0 bridgehead atoms. The van der Waals surface area contributed by atoms with Gasteiger partial charge < -0.3 is 19.3 Å². The molecule has 35 heavy (non-hydrogen) atoms. The maximum atomic E-state index is 12.7. The van der Waals surface area contributed by atoms with E-state index in [1.807, 2.05) is 25.7 Å². The van der Waals surface area contributed by atoms with Crippen LogP contribution >= 0.6 is 0 Å². The highest BCUT2D eigenvalue weighted by atomic mass is 16.6. The number of hydrogen-bond donors (Lipinski definition) is 0. The fourth-order valence-corrected chi connectivity index (χ4v) is 5.59. The van der Waals surface area contributed by atoms with Gasteiger partial charge in [0.05, 0.1) is 13.0 Å². The summed E-state index contributed by atoms with van der Waals surface area (Å²) in [5, 5.41) is 0. The molecule has 1 aliphatic carbocycles. The van der Waals surface area contributed by atoms with Crippen LogP contribution in [0.25, 0.3) is 0 Å². The zero-order valence-electron chi connectivity index (χ0n) is 22.0. The van der Waals surface area contributed by atoms with E-state index < -0.39 is 5.60 Å². The summed E-state index contributed by atoms with van der Waals surface area (Å²) in [4.78, 5) is 28.8. The van der Waals surface area contributed by atoms with Crippen LogP contribution in [-0.2, 0) is 14.3 Å². The number of ether oxygens (including phenoxy) is 2. The second-order valence-electron chi connectivity index (χ2n) is 11.6. The van der Waals surface area contributed by atoms with Crippen molar-refractivity contribution in [1.82, 2.24) is 9.80 Å². The summed E-state index contributed by atoms with van der Waals surface area (Å²) in [6.45, 7) is 14.8. The lowest BCUT2D eigenvalue weighted by atomic mass is 9.84. The van der Waals surface area contributed by atoms with Gasteiger partial charge in [-0.15, -0.1) is 0 Å². The molecule has 194 valence electrons. The molecule has 0 N–H and O–H groups in total. The molecule has 2 amide bonds. The van der Waals surface area contributed by atoms with Gasteiger partial charge in [0.15, 0.2) is 6.54 Å². The van der Waals surface area contributed by atoms with Crippen molar-refractivity contribution in [2.45, 2.75) is 84.0 Å². The lowest BCUT2D eigenvalue weighted by molar-refractivity contribution is -0.603.